The van der Waals surface area contributed by atoms with Crippen LogP contribution in [0.3, 0.4) is 0 Å². The van der Waals surface area contributed by atoms with Gasteiger partial charge in [0, 0.05) is 34.8 Å². The maximum Gasteiger partial charge on any atom is 0.224 e. The number of benzene rings is 1. The molecule has 184 valence electrons. The van der Waals surface area contributed by atoms with E-state index in [2.05, 4.69) is 30.5 Å². The zero-order valence-corrected chi connectivity index (χ0v) is 20.9. The van der Waals surface area contributed by atoms with Crippen molar-refractivity contribution in [3.63, 3.8) is 0 Å². The molecule has 8 nitrogen and oxygen atoms in total. The number of pyridine rings is 2. The van der Waals surface area contributed by atoms with Crippen molar-refractivity contribution in [3.8, 4) is 33.2 Å². The van der Waals surface area contributed by atoms with E-state index >= 15 is 4.39 Å². The number of anilines is 1. The van der Waals surface area contributed by atoms with Crippen molar-refractivity contribution in [1.29, 1.82) is 0 Å². The summed E-state index contributed by atoms with van der Waals surface area (Å²) >= 11 is 1.64. The number of imidazole rings is 1. The molecule has 1 aromatic carbocycles. The Morgan fingerprint density at radius 1 is 1.11 bits per heavy atom. The summed E-state index contributed by atoms with van der Waals surface area (Å²) in [6.07, 6.45) is 5.99. The van der Waals surface area contributed by atoms with Crippen LogP contribution in [-0.2, 0) is 4.79 Å². The first-order chi connectivity index (χ1) is 18.0. The van der Waals surface area contributed by atoms with Crippen LogP contribution in [0.25, 0.3) is 55.2 Å². The van der Waals surface area contributed by atoms with Crippen molar-refractivity contribution in [1.82, 2.24) is 30.1 Å². The number of hydrogen-bond donors (Lipinski definition) is 3. The summed E-state index contributed by atoms with van der Waals surface area (Å²) in [5.74, 6) is -0.114. The molecule has 37 heavy (non-hydrogen) atoms. The van der Waals surface area contributed by atoms with E-state index < -0.39 is 5.82 Å². The number of amides is 1. The number of aromatic nitrogens is 6. The van der Waals surface area contributed by atoms with Crippen LogP contribution in [0.15, 0.2) is 55.0 Å². The maximum atomic E-state index is 16.0. The predicted octanol–water partition coefficient (Wildman–Crippen LogP) is 6.48. The topological polar surface area (TPSA) is 112 Å². The van der Waals surface area contributed by atoms with Crippen LogP contribution in [0.4, 0.5) is 10.1 Å². The second-order valence-electron chi connectivity index (χ2n) is 8.73. The summed E-state index contributed by atoms with van der Waals surface area (Å²) in [4.78, 5) is 31.0. The Morgan fingerprint density at radius 2 is 2.00 bits per heavy atom. The van der Waals surface area contributed by atoms with E-state index in [-0.39, 0.29) is 5.91 Å². The lowest BCUT2D eigenvalue weighted by Crippen LogP contribution is -2.10. The van der Waals surface area contributed by atoms with Crippen molar-refractivity contribution < 1.29 is 9.18 Å². The van der Waals surface area contributed by atoms with Crippen LogP contribution in [0.2, 0.25) is 0 Å². The Bertz CT molecular complexity index is 1780. The van der Waals surface area contributed by atoms with Gasteiger partial charge >= 0.3 is 0 Å². The molecular formula is C27H22FN7OS. The summed E-state index contributed by atoms with van der Waals surface area (Å²) in [6.45, 7) is 3.98. The number of aromatic amines is 2. The number of hydrogen-bond acceptors (Lipinski definition) is 6. The second-order valence-corrected chi connectivity index (χ2v) is 10.0. The van der Waals surface area contributed by atoms with Crippen molar-refractivity contribution in [2.45, 2.75) is 26.7 Å². The van der Waals surface area contributed by atoms with Crippen LogP contribution in [-0.4, -0.2) is 36.0 Å². The molecule has 0 aliphatic heterocycles. The van der Waals surface area contributed by atoms with Gasteiger partial charge in [0.05, 0.1) is 33.2 Å². The Hall–Kier alpha value is -4.44. The molecule has 0 bridgehead atoms. The molecule has 0 radical (unpaired) electrons. The van der Waals surface area contributed by atoms with Gasteiger partial charge in [0.1, 0.15) is 22.7 Å². The van der Waals surface area contributed by atoms with Crippen molar-refractivity contribution >= 4 is 44.9 Å². The zero-order chi connectivity index (χ0) is 25.5. The first-order valence-electron chi connectivity index (χ1n) is 11.9. The molecule has 6 aromatic rings. The summed E-state index contributed by atoms with van der Waals surface area (Å²) in [5, 5.41) is 10.4. The Kier molecular flexibility index (Phi) is 5.72. The molecule has 3 N–H and O–H groups in total. The van der Waals surface area contributed by atoms with Crippen LogP contribution < -0.4 is 5.32 Å². The lowest BCUT2D eigenvalue weighted by Gasteiger charge is -2.08. The van der Waals surface area contributed by atoms with Crippen LogP contribution in [0.5, 0.6) is 0 Å². The molecule has 0 atom stereocenters. The molecule has 10 heteroatoms. The van der Waals surface area contributed by atoms with Crippen LogP contribution in [0, 0.1) is 12.7 Å². The van der Waals surface area contributed by atoms with E-state index in [0.717, 1.165) is 22.5 Å². The SMILES string of the molecule is CCCC(=O)Nc1cncc(-c2ccc3[nH]nc(-c4nc5c(-c6ccc(C)s6)nccc5[nH]4)c3c2F)c1. The van der Waals surface area contributed by atoms with Gasteiger partial charge < -0.3 is 10.3 Å². The fourth-order valence-corrected chi connectivity index (χ4v) is 5.23. The summed E-state index contributed by atoms with van der Waals surface area (Å²) in [5.41, 5.74) is 4.59. The number of nitrogens with zero attached hydrogens (tertiary/aromatic N) is 4. The minimum Gasteiger partial charge on any atom is -0.336 e. The summed E-state index contributed by atoms with van der Waals surface area (Å²) in [7, 11) is 0. The third-order valence-electron chi connectivity index (χ3n) is 6.08. The van der Waals surface area contributed by atoms with Gasteiger partial charge in [-0.05, 0) is 49.7 Å². The Balaban J connectivity index is 1.44. The predicted molar refractivity (Wildman–Crippen MR) is 144 cm³/mol. The number of halogens is 1. The highest BCUT2D eigenvalue weighted by molar-refractivity contribution is 7.15. The molecule has 0 spiro atoms. The van der Waals surface area contributed by atoms with Gasteiger partial charge in [0.25, 0.3) is 0 Å². The highest BCUT2D eigenvalue weighted by Gasteiger charge is 2.21. The second kappa shape index (κ2) is 9.21. The molecule has 5 aromatic heterocycles. The zero-order valence-electron chi connectivity index (χ0n) is 20.1. The minimum atomic E-state index is -0.451. The van der Waals surface area contributed by atoms with E-state index in [1.807, 2.05) is 32.0 Å². The normalized spacial score (nSPS) is 11.4. The van der Waals surface area contributed by atoms with E-state index in [1.54, 1.807) is 48.1 Å². The summed E-state index contributed by atoms with van der Waals surface area (Å²) < 4.78 is 16.0. The quantitative estimate of drug-likeness (QED) is 0.237. The number of thiophene rings is 1. The molecule has 0 aliphatic carbocycles. The molecule has 5 heterocycles. The number of nitrogens with one attached hydrogen (secondary N) is 3. The number of rotatable bonds is 6. The highest BCUT2D eigenvalue weighted by atomic mass is 32.1. The molecular weight excluding hydrogens is 489 g/mol. The van der Waals surface area contributed by atoms with E-state index in [0.29, 0.717) is 51.2 Å². The molecule has 1 amide bonds. The molecule has 0 fully saturated rings. The molecule has 6 rings (SSSR count). The average Bonchev–Trinajstić information content (AvgIpc) is 3.62. The molecule has 0 aliphatic rings. The average molecular weight is 512 g/mol. The molecule has 0 saturated carbocycles. The standard InChI is InChI=1S/C27H22FN7OS/c1-3-4-21(36)31-16-11-15(12-29-13-16)17-6-7-18-22(23(17)28)26(35-34-18)27-32-19-9-10-30-25(24(19)33-27)20-8-5-14(2)37-20/h5-13H,3-4H2,1-2H3,(H,31,36)(H,32,33)(H,34,35). The fraction of sp³-hybridized carbons (Fsp3) is 0.148. The van der Waals surface area contributed by atoms with E-state index in [4.69, 9.17) is 4.98 Å². The van der Waals surface area contributed by atoms with Crippen molar-refractivity contribution in [3.05, 3.63) is 65.7 Å². The van der Waals surface area contributed by atoms with Gasteiger partial charge in [-0.3, -0.25) is 19.9 Å². The monoisotopic (exact) mass is 511 g/mol. The van der Waals surface area contributed by atoms with Crippen molar-refractivity contribution in [2.75, 3.05) is 5.32 Å². The summed E-state index contributed by atoms with van der Waals surface area (Å²) in [6, 6.07) is 11.1. The largest absolute Gasteiger partial charge is 0.336 e. The fourth-order valence-electron chi connectivity index (χ4n) is 4.36. The highest BCUT2D eigenvalue weighted by Crippen LogP contribution is 2.36. The number of aryl methyl sites for hydroxylation is 1. The minimum absolute atomic E-state index is 0.106. The first kappa shape index (κ1) is 23.0. The smallest absolute Gasteiger partial charge is 0.224 e. The van der Waals surface area contributed by atoms with Crippen molar-refractivity contribution in [2.24, 2.45) is 0 Å². The number of carbonyl (C=O) groups is 1. The number of fused-ring (bicyclic) bond motifs is 2. The van der Waals surface area contributed by atoms with Crippen LogP contribution in [0.1, 0.15) is 24.6 Å². The lowest BCUT2D eigenvalue weighted by atomic mass is 10.0. The van der Waals surface area contributed by atoms with Gasteiger partial charge in [-0.1, -0.05) is 6.92 Å². The van der Waals surface area contributed by atoms with Gasteiger partial charge in [0.2, 0.25) is 5.91 Å². The Morgan fingerprint density at radius 3 is 2.81 bits per heavy atom. The van der Waals surface area contributed by atoms with Crippen LogP contribution >= 0.6 is 11.3 Å². The first-order valence-corrected chi connectivity index (χ1v) is 12.7. The third-order valence-corrected chi connectivity index (χ3v) is 7.08. The van der Waals surface area contributed by atoms with E-state index in [9.17, 15) is 4.79 Å². The van der Waals surface area contributed by atoms with Gasteiger partial charge in [-0.15, -0.1) is 11.3 Å². The van der Waals surface area contributed by atoms with Gasteiger partial charge in [-0.2, -0.15) is 5.10 Å². The van der Waals surface area contributed by atoms with Gasteiger partial charge in [0.15, 0.2) is 5.82 Å². The van der Waals surface area contributed by atoms with Gasteiger partial charge in [-0.25, -0.2) is 9.37 Å². The Labute approximate surface area is 215 Å². The third kappa shape index (κ3) is 4.15. The maximum absolute atomic E-state index is 16.0. The lowest BCUT2D eigenvalue weighted by molar-refractivity contribution is -0.116. The molecule has 0 saturated heterocycles. The van der Waals surface area contributed by atoms with E-state index in [1.165, 1.54) is 4.88 Å². The number of carbonyl (C=O) groups excluding carboxylic acids is 1. The molecule has 0 unspecified atom stereocenters. The number of H-pyrrole nitrogens is 2.